The lowest BCUT2D eigenvalue weighted by molar-refractivity contribution is 0.734. The quantitative estimate of drug-likeness (QED) is 0.629. The van der Waals surface area contributed by atoms with Gasteiger partial charge in [-0.05, 0) is 42.2 Å². The van der Waals surface area contributed by atoms with Gasteiger partial charge in [-0.2, -0.15) is 0 Å². The van der Waals surface area contributed by atoms with Gasteiger partial charge in [0.05, 0.1) is 12.2 Å². The third-order valence-corrected chi connectivity index (χ3v) is 4.03. The van der Waals surface area contributed by atoms with E-state index in [2.05, 4.69) is 41.3 Å². The van der Waals surface area contributed by atoms with Crippen molar-refractivity contribution in [3.8, 4) is 0 Å². The molecule has 2 rings (SSSR count). The number of nitrogens with zero attached hydrogens (tertiary/aromatic N) is 3. The van der Waals surface area contributed by atoms with Crippen molar-refractivity contribution < 1.29 is 0 Å². The van der Waals surface area contributed by atoms with Crippen molar-refractivity contribution in [2.24, 2.45) is 10.7 Å². The first-order valence-electron chi connectivity index (χ1n) is 8.29. The van der Waals surface area contributed by atoms with E-state index in [0.29, 0.717) is 18.4 Å². The third-order valence-electron chi connectivity index (χ3n) is 4.03. The molecule has 1 aromatic carbocycles. The number of aromatic nitrogens is 1. The van der Waals surface area contributed by atoms with Crippen LogP contribution >= 0.6 is 0 Å². The molecule has 5 nitrogen and oxygen atoms in total. The Morgan fingerprint density at radius 3 is 2.54 bits per heavy atom. The van der Waals surface area contributed by atoms with E-state index in [9.17, 15) is 0 Å². The zero-order valence-corrected chi connectivity index (χ0v) is 15.0. The van der Waals surface area contributed by atoms with Crippen molar-refractivity contribution in [2.45, 2.75) is 32.7 Å². The van der Waals surface area contributed by atoms with Crippen LogP contribution in [0.2, 0.25) is 0 Å². The van der Waals surface area contributed by atoms with Gasteiger partial charge in [0.25, 0.3) is 0 Å². The third kappa shape index (κ3) is 4.98. The van der Waals surface area contributed by atoms with Gasteiger partial charge >= 0.3 is 0 Å². The number of anilines is 2. The highest BCUT2D eigenvalue weighted by Gasteiger charge is 2.03. The highest BCUT2D eigenvalue weighted by Crippen LogP contribution is 2.20. The van der Waals surface area contributed by atoms with Gasteiger partial charge in [-0.15, -0.1) is 0 Å². The number of pyridine rings is 1. The summed E-state index contributed by atoms with van der Waals surface area (Å²) in [7, 11) is 3.93. The second-order valence-corrected chi connectivity index (χ2v) is 6.14. The molecule has 1 aromatic heterocycles. The number of benzene rings is 1. The Morgan fingerprint density at radius 1 is 1.21 bits per heavy atom. The molecule has 0 aliphatic carbocycles. The van der Waals surface area contributed by atoms with Crippen LogP contribution in [0.1, 0.15) is 37.4 Å². The Bertz CT molecular complexity index is 676. The van der Waals surface area contributed by atoms with Crippen molar-refractivity contribution in [2.75, 3.05) is 24.3 Å². The van der Waals surface area contributed by atoms with Crippen LogP contribution in [0.15, 0.2) is 47.5 Å². The Kier molecular flexibility index (Phi) is 6.18. The number of hydrogen-bond donors (Lipinski definition) is 2. The number of rotatable bonds is 6. The molecule has 128 valence electrons. The molecule has 0 saturated heterocycles. The van der Waals surface area contributed by atoms with E-state index in [1.165, 1.54) is 5.56 Å². The maximum absolute atomic E-state index is 5.98. The summed E-state index contributed by atoms with van der Waals surface area (Å²) in [6.45, 7) is 4.87. The minimum absolute atomic E-state index is 0.392. The number of aliphatic imine (C=N–C) groups is 1. The van der Waals surface area contributed by atoms with Gasteiger partial charge < -0.3 is 16.0 Å². The predicted octanol–water partition coefficient (Wildman–Crippen LogP) is 3.59. The molecule has 0 saturated carbocycles. The van der Waals surface area contributed by atoms with Crippen molar-refractivity contribution in [1.82, 2.24) is 4.98 Å². The fraction of sp³-hybridized carbons (Fsp3) is 0.368. The monoisotopic (exact) mass is 325 g/mol. The molecule has 1 heterocycles. The Labute approximate surface area is 144 Å². The van der Waals surface area contributed by atoms with Gasteiger partial charge in [-0.1, -0.05) is 32.0 Å². The predicted molar refractivity (Wildman–Crippen MR) is 103 cm³/mol. The Hall–Kier alpha value is -2.56. The van der Waals surface area contributed by atoms with Crippen molar-refractivity contribution in [3.63, 3.8) is 0 Å². The normalized spacial score (nSPS) is 12.8. The summed E-state index contributed by atoms with van der Waals surface area (Å²) in [5, 5.41) is 3.12. The van der Waals surface area contributed by atoms with E-state index in [-0.39, 0.29) is 0 Å². The molecular formula is C19H27N5. The summed E-state index contributed by atoms with van der Waals surface area (Å²) >= 11 is 0. The van der Waals surface area contributed by atoms with E-state index >= 15 is 0 Å². The van der Waals surface area contributed by atoms with E-state index in [0.717, 1.165) is 23.6 Å². The number of guanidine groups is 1. The van der Waals surface area contributed by atoms with Gasteiger partial charge in [0.1, 0.15) is 5.82 Å². The largest absolute Gasteiger partial charge is 0.370 e. The average Bonchev–Trinajstić information content (AvgIpc) is 2.60. The fourth-order valence-electron chi connectivity index (χ4n) is 2.29. The summed E-state index contributed by atoms with van der Waals surface area (Å²) in [4.78, 5) is 10.9. The summed E-state index contributed by atoms with van der Waals surface area (Å²) in [6.07, 6.45) is 1.13. The minimum atomic E-state index is 0.392. The Balaban J connectivity index is 1.97. The summed E-state index contributed by atoms with van der Waals surface area (Å²) in [6, 6.07) is 14.2. The molecule has 1 atom stereocenters. The molecular weight excluding hydrogens is 298 g/mol. The highest BCUT2D eigenvalue weighted by molar-refractivity contribution is 5.92. The Morgan fingerprint density at radius 2 is 1.92 bits per heavy atom. The molecule has 24 heavy (non-hydrogen) atoms. The van der Waals surface area contributed by atoms with Gasteiger partial charge in [-0.25, -0.2) is 9.98 Å². The van der Waals surface area contributed by atoms with Crippen LogP contribution in [-0.4, -0.2) is 25.0 Å². The molecule has 0 aliphatic rings. The zero-order chi connectivity index (χ0) is 17.5. The SMILES string of the molecule is CCC(C)c1ccc(NC(N)=NCc2cccc(N(C)C)n2)cc1. The number of nitrogens with one attached hydrogen (secondary N) is 1. The second-order valence-electron chi connectivity index (χ2n) is 6.14. The summed E-state index contributed by atoms with van der Waals surface area (Å²) in [5.74, 6) is 1.87. The fourth-order valence-corrected chi connectivity index (χ4v) is 2.29. The molecule has 0 fully saturated rings. The zero-order valence-electron chi connectivity index (χ0n) is 15.0. The minimum Gasteiger partial charge on any atom is -0.370 e. The smallest absolute Gasteiger partial charge is 0.193 e. The molecule has 1 unspecified atom stereocenters. The number of hydrogen-bond acceptors (Lipinski definition) is 3. The van der Waals surface area contributed by atoms with Crippen molar-refractivity contribution in [1.29, 1.82) is 0 Å². The maximum atomic E-state index is 5.98. The van der Waals surface area contributed by atoms with E-state index in [1.807, 2.05) is 49.3 Å². The van der Waals surface area contributed by atoms with Crippen molar-refractivity contribution in [3.05, 3.63) is 53.7 Å². The van der Waals surface area contributed by atoms with Gasteiger partial charge in [0, 0.05) is 19.8 Å². The molecule has 3 N–H and O–H groups in total. The molecule has 0 radical (unpaired) electrons. The average molecular weight is 325 g/mol. The summed E-state index contributed by atoms with van der Waals surface area (Å²) in [5.41, 5.74) is 9.14. The lowest BCUT2D eigenvalue weighted by Crippen LogP contribution is -2.22. The topological polar surface area (TPSA) is 66.5 Å². The van der Waals surface area contributed by atoms with Crippen LogP contribution in [0.5, 0.6) is 0 Å². The van der Waals surface area contributed by atoms with E-state index in [1.54, 1.807) is 0 Å². The van der Waals surface area contributed by atoms with E-state index < -0.39 is 0 Å². The first-order valence-corrected chi connectivity index (χ1v) is 8.29. The molecule has 0 bridgehead atoms. The van der Waals surface area contributed by atoms with Crippen LogP contribution in [0.25, 0.3) is 0 Å². The van der Waals surface area contributed by atoms with Crippen LogP contribution in [0, 0.1) is 0 Å². The first-order chi connectivity index (χ1) is 11.5. The number of nitrogens with two attached hydrogens (primary N) is 1. The van der Waals surface area contributed by atoms with E-state index in [4.69, 9.17) is 5.73 Å². The van der Waals surface area contributed by atoms with Crippen molar-refractivity contribution >= 4 is 17.5 Å². The maximum Gasteiger partial charge on any atom is 0.193 e. The van der Waals surface area contributed by atoms with Crippen LogP contribution in [0.3, 0.4) is 0 Å². The molecule has 0 amide bonds. The molecule has 0 spiro atoms. The van der Waals surface area contributed by atoms with Gasteiger partial charge in [0.15, 0.2) is 5.96 Å². The highest BCUT2D eigenvalue weighted by atomic mass is 15.1. The second kappa shape index (κ2) is 8.34. The standard InChI is InChI=1S/C19H27N5/c1-5-14(2)15-9-11-16(12-10-15)23-19(20)21-13-17-7-6-8-18(22-17)24(3)4/h6-12,14H,5,13H2,1-4H3,(H3,20,21,23). The summed E-state index contributed by atoms with van der Waals surface area (Å²) < 4.78 is 0. The van der Waals surface area contributed by atoms with Crippen LogP contribution < -0.4 is 16.0 Å². The molecule has 0 aliphatic heterocycles. The van der Waals surface area contributed by atoms with Crippen LogP contribution in [0.4, 0.5) is 11.5 Å². The van der Waals surface area contributed by atoms with Gasteiger partial charge in [-0.3, -0.25) is 0 Å². The van der Waals surface area contributed by atoms with Gasteiger partial charge in [0.2, 0.25) is 0 Å². The molecule has 2 aromatic rings. The lowest BCUT2D eigenvalue weighted by atomic mass is 9.99. The van der Waals surface area contributed by atoms with Crippen LogP contribution in [-0.2, 0) is 6.54 Å². The first kappa shape index (κ1) is 17.8. The lowest BCUT2D eigenvalue weighted by Gasteiger charge is -2.12. The molecule has 5 heteroatoms.